The first-order chi connectivity index (χ1) is 10.2. The van der Waals surface area contributed by atoms with Gasteiger partial charge in [-0.3, -0.25) is 9.69 Å². The van der Waals surface area contributed by atoms with Gasteiger partial charge in [-0.05, 0) is 36.2 Å². The van der Waals surface area contributed by atoms with E-state index < -0.39 is 0 Å². The number of benzene rings is 2. The molecular weight excluding hydrogens is 262 g/mol. The molecule has 3 nitrogen and oxygen atoms in total. The van der Waals surface area contributed by atoms with Crippen LogP contribution in [0.1, 0.15) is 25.8 Å². The largest absolute Gasteiger partial charge is 0.465 e. The lowest BCUT2D eigenvalue weighted by Gasteiger charge is -2.21. The molecule has 0 unspecified atom stereocenters. The molecule has 0 amide bonds. The van der Waals surface area contributed by atoms with E-state index in [4.69, 9.17) is 4.74 Å². The van der Waals surface area contributed by atoms with E-state index in [1.165, 1.54) is 16.3 Å². The summed E-state index contributed by atoms with van der Waals surface area (Å²) in [5.74, 6) is -0.147. The molecule has 3 heteroatoms. The number of carbonyl (C=O) groups is 1. The molecule has 2 aromatic carbocycles. The van der Waals surface area contributed by atoms with E-state index in [1.54, 1.807) is 0 Å². The van der Waals surface area contributed by atoms with Crippen LogP contribution in [-0.4, -0.2) is 30.6 Å². The van der Waals surface area contributed by atoms with Crippen LogP contribution in [0.25, 0.3) is 10.8 Å². The quantitative estimate of drug-likeness (QED) is 0.728. The van der Waals surface area contributed by atoms with Gasteiger partial charge >= 0.3 is 5.97 Å². The molecule has 0 bridgehead atoms. The average Bonchev–Trinajstić information content (AvgIpc) is 2.48. The van der Waals surface area contributed by atoms with E-state index in [-0.39, 0.29) is 5.97 Å². The molecule has 2 rings (SSSR count). The predicted octanol–water partition coefficient (Wildman–Crippen LogP) is 3.61. The Kier molecular flexibility index (Phi) is 5.76. The molecule has 21 heavy (non-hydrogen) atoms. The third kappa shape index (κ3) is 4.30. The maximum absolute atomic E-state index is 11.7. The average molecular weight is 285 g/mol. The van der Waals surface area contributed by atoms with Gasteiger partial charge < -0.3 is 4.74 Å². The monoisotopic (exact) mass is 285 g/mol. The number of carbonyl (C=O) groups excluding carboxylic acids is 1. The lowest BCUT2D eigenvalue weighted by atomic mass is 10.0. The third-order valence-corrected chi connectivity index (χ3v) is 3.47. The van der Waals surface area contributed by atoms with Crippen LogP contribution in [0.4, 0.5) is 0 Å². The molecule has 0 heterocycles. The Morgan fingerprint density at radius 3 is 2.62 bits per heavy atom. The van der Waals surface area contributed by atoms with E-state index in [0.29, 0.717) is 13.2 Å². The van der Waals surface area contributed by atoms with Gasteiger partial charge in [-0.2, -0.15) is 0 Å². The summed E-state index contributed by atoms with van der Waals surface area (Å²) in [5, 5.41) is 2.49. The Labute approximate surface area is 126 Å². The summed E-state index contributed by atoms with van der Waals surface area (Å²) < 4.78 is 5.06. The Morgan fingerprint density at radius 1 is 1.10 bits per heavy atom. The van der Waals surface area contributed by atoms with E-state index in [1.807, 2.05) is 6.92 Å². The summed E-state index contributed by atoms with van der Waals surface area (Å²) in [4.78, 5) is 13.9. The highest BCUT2D eigenvalue weighted by Gasteiger charge is 2.12. The fourth-order valence-electron chi connectivity index (χ4n) is 2.59. The van der Waals surface area contributed by atoms with Crippen LogP contribution in [0.15, 0.2) is 42.5 Å². The van der Waals surface area contributed by atoms with Crippen molar-refractivity contribution in [3.63, 3.8) is 0 Å². The minimum Gasteiger partial charge on any atom is -0.465 e. The van der Waals surface area contributed by atoms with E-state index in [0.717, 1.165) is 19.5 Å². The number of hydrogen-bond donors (Lipinski definition) is 0. The Balaban J connectivity index is 2.16. The van der Waals surface area contributed by atoms with Crippen molar-refractivity contribution in [2.75, 3.05) is 19.7 Å². The highest BCUT2D eigenvalue weighted by Crippen LogP contribution is 2.20. The summed E-state index contributed by atoms with van der Waals surface area (Å²) in [7, 11) is 0. The van der Waals surface area contributed by atoms with E-state index in [9.17, 15) is 4.79 Å². The Morgan fingerprint density at radius 2 is 1.86 bits per heavy atom. The number of nitrogens with zero attached hydrogens (tertiary/aromatic N) is 1. The summed E-state index contributed by atoms with van der Waals surface area (Å²) in [6, 6.07) is 14.7. The van der Waals surface area contributed by atoms with Gasteiger partial charge in [0.2, 0.25) is 0 Å². The normalized spacial score (nSPS) is 11.0. The first-order valence-corrected chi connectivity index (χ1v) is 7.59. The van der Waals surface area contributed by atoms with Crippen molar-refractivity contribution in [2.45, 2.75) is 26.8 Å². The molecule has 0 saturated heterocycles. The van der Waals surface area contributed by atoms with Crippen LogP contribution in [0.5, 0.6) is 0 Å². The van der Waals surface area contributed by atoms with Crippen molar-refractivity contribution in [1.82, 2.24) is 4.90 Å². The smallest absolute Gasteiger partial charge is 0.320 e. The van der Waals surface area contributed by atoms with Crippen LogP contribution in [0.3, 0.4) is 0 Å². The molecule has 0 N–H and O–H groups in total. The maximum Gasteiger partial charge on any atom is 0.320 e. The molecule has 0 spiro atoms. The fraction of sp³-hybridized carbons (Fsp3) is 0.389. The standard InChI is InChI=1S/C18H23NO2/c1-3-12-19(14-18(20)21-4-2)13-16-10-7-9-15-8-5-6-11-17(15)16/h5-11H,3-4,12-14H2,1-2H3. The highest BCUT2D eigenvalue weighted by atomic mass is 16.5. The number of ether oxygens (including phenoxy) is 1. The predicted molar refractivity (Wildman–Crippen MR) is 86.1 cm³/mol. The minimum absolute atomic E-state index is 0.147. The van der Waals surface area contributed by atoms with E-state index in [2.05, 4.69) is 54.3 Å². The van der Waals surface area contributed by atoms with Crippen molar-refractivity contribution >= 4 is 16.7 Å². The molecular formula is C18H23NO2. The van der Waals surface area contributed by atoms with Gasteiger partial charge in [0.25, 0.3) is 0 Å². The summed E-state index contributed by atoms with van der Waals surface area (Å²) in [6.45, 7) is 6.42. The second-order valence-electron chi connectivity index (χ2n) is 5.15. The summed E-state index contributed by atoms with van der Waals surface area (Å²) in [6.07, 6.45) is 1.02. The van der Waals surface area contributed by atoms with Gasteiger partial charge in [0.05, 0.1) is 13.2 Å². The number of fused-ring (bicyclic) bond motifs is 1. The van der Waals surface area contributed by atoms with Gasteiger partial charge in [0.1, 0.15) is 0 Å². The van der Waals surface area contributed by atoms with Gasteiger partial charge in [0, 0.05) is 6.54 Å². The topological polar surface area (TPSA) is 29.5 Å². The second kappa shape index (κ2) is 7.79. The lowest BCUT2D eigenvalue weighted by molar-refractivity contribution is -0.144. The molecule has 0 atom stereocenters. The number of hydrogen-bond acceptors (Lipinski definition) is 3. The van der Waals surface area contributed by atoms with Crippen LogP contribution < -0.4 is 0 Å². The first-order valence-electron chi connectivity index (χ1n) is 7.59. The first kappa shape index (κ1) is 15.5. The molecule has 0 aliphatic rings. The summed E-state index contributed by atoms with van der Waals surface area (Å²) >= 11 is 0. The number of rotatable bonds is 7. The van der Waals surface area contributed by atoms with Crippen molar-refractivity contribution in [1.29, 1.82) is 0 Å². The zero-order valence-electron chi connectivity index (χ0n) is 12.8. The summed E-state index contributed by atoms with van der Waals surface area (Å²) in [5.41, 5.74) is 1.26. The van der Waals surface area contributed by atoms with Gasteiger partial charge in [-0.1, -0.05) is 49.4 Å². The SMILES string of the molecule is CCCN(CC(=O)OCC)Cc1cccc2ccccc12. The Hall–Kier alpha value is -1.87. The molecule has 2 aromatic rings. The van der Waals surface area contributed by atoms with Crippen LogP contribution in [-0.2, 0) is 16.1 Å². The second-order valence-corrected chi connectivity index (χ2v) is 5.15. The lowest BCUT2D eigenvalue weighted by Crippen LogP contribution is -2.31. The van der Waals surface area contributed by atoms with Gasteiger partial charge in [0.15, 0.2) is 0 Å². The molecule has 0 aliphatic carbocycles. The third-order valence-electron chi connectivity index (χ3n) is 3.47. The van der Waals surface area contributed by atoms with Gasteiger partial charge in [-0.25, -0.2) is 0 Å². The maximum atomic E-state index is 11.7. The van der Waals surface area contributed by atoms with Gasteiger partial charge in [-0.15, -0.1) is 0 Å². The van der Waals surface area contributed by atoms with Crippen molar-refractivity contribution < 1.29 is 9.53 Å². The molecule has 0 radical (unpaired) electrons. The van der Waals surface area contributed by atoms with Crippen molar-refractivity contribution in [3.05, 3.63) is 48.0 Å². The molecule has 0 fully saturated rings. The zero-order valence-corrected chi connectivity index (χ0v) is 12.8. The van der Waals surface area contributed by atoms with Crippen LogP contribution in [0, 0.1) is 0 Å². The fourth-order valence-corrected chi connectivity index (χ4v) is 2.59. The molecule has 0 aromatic heterocycles. The molecule has 0 aliphatic heterocycles. The molecule has 112 valence electrons. The zero-order chi connectivity index (χ0) is 15.1. The van der Waals surface area contributed by atoms with Crippen LogP contribution in [0.2, 0.25) is 0 Å². The molecule has 0 saturated carbocycles. The number of esters is 1. The van der Waals surface area contributed by atoms with Crippen LogP contribution >= 0.6 is 0 Å². The van der Waals surface area contributed by atoms with Crippen molar-refractivity contribution in [2.24, 2.45) is 0 Å². The van der Waals surface area contributed by atoms with Crippen molar-refractivity contribution in [3.8, 4) is 0 Å². The highest BCUT2D eigenvalue weighted by molar-refractivity contribution is 5.85. The Bertz CT molecular complexity index is 589. The van der Waals surface area contributed by atoms with E-state index >= 15 is 0 Å². The minimum atomic E-state index is -0.147.